The standard InChI is InChI=1S/C23H32N4O2.HI/c1-4-27(5-2)17-19-9-7-18(8-10-19)16-25-23(24-3)26-20-11-12-21-22(15-20)29-14-6-13-28-21;/h7-12,15H,4-6,13-14,16-17H2,1-3H3,(H2,24,25,26);1H. The van der Waals surface area contributed by atoms with Gasteiger partial charge >= 0.3 is 0 Å². The second-order valence-corrected chi connectivity index (χ2v) is 7.04. The highest BCUT2D eigenvalue weighted by Crippen LogP contribution is 2.32. The molecule has 0 aromatic heterocycles. The Balaban J connectivity index is 0.00000320. The van der Waals surface area contributed by atoms with Crippen LogP contribution in [0.1, 0.15) is 31.4 Å². The van der Waals surface area contributed by atoms with E-state index in [1.54, 1.807) is 7.05 Å². The molecule has 0 saturated carbocycles. The fourth-order valence-electron chi connectivity index (χ4n) is 3.21. The van der Waals surface area contributed by atoms with Gasteiger partial charge in [0.05, 0.1) is 13.2 Å². The van der Waals surface area contributed by atoms with Crippen molar-refractivity contribution in [2.75, 3.05) is 38.7 Å². The zero-order chi connectivity index (χ0) is 20.5. The molecule has 30 heavy (non-hydrogen) atoms. The van der Waals surface area contributed by atoms with Gasteiger partial charge in [0, 0.05) is 38.3 Å². The normalized spacial score (nSPS) is 13.4. The van der Waals surface area contributed by atoms with Gasteiger partial charge in [0.15, 0.2) is 17.5 Å². The summed E-state index contributed by atoms with van der Waals surface area (Å²) in [7, 11) is 1.77. The molecule has 1 aliphatic rings. The van der Waals surface area contributed by atoms with Crippen molar-refractivity contribution in [1.82, 2.24) is 10.2 Å². The predicted octanol–water partition coefficient (Wildman–Crippen LogP) is 4.50. The zero-order valence-electron chi connectivity index (χ0n) is 18.1. The second kappa shape index (κ2) is 12.6. The van der Waals surface area contributed by atoms with Gasteiger partial charge in [-0.2, -0.15) is 0 Å². The van der Waals surface area contributed by atoms with E-state index in [9.17, 15) is 0 Å². The lowest BCUT2D eigenvalue weighted by Crippen LogP contribution is -2.30. The summed E-state index contributed by atoms with van der Waals surface area (Å²) >= 11 is 0. The lowest BCUT2D eigenvalue weighted by Gasteiger charge is -2.18. The summed E-state index contributed by atoms with van der Waals surface area (Å²) < 4.78 is 11.4. The van der Waals surface area contributed by atoms with E-state index in [1.165, 1.54) is 11.1 Å². The highest BCUT2D eigenvalue weighted by Gasteiger charge is 2.11. The van der Waals surface area contributed by atoms with Crippen LogP contribution < -0.4 is 20.1 Å². The van der Waals surface area contributed by atoms with Crippen molar-refractivity contribution in [2.45, 2.75) is 33.4 Å². The minimum Gasteiger partial charge on any atom is -0.490 e. The Morgan fingerprint density at radius 3 is 2.30 bits per heavy atom. The number of halogens is 1. The van der Waals surface area contributed by atoms with Gasteiger partial charge in [-0.25, -0.2) is 0 Å². The van der Waals surface area contributed by atoms with Crippen LogP contribution in [0.5, 0.6) is 11.5 Å². The summed E-state index contributed by atoms with van der Waals surface area (Å²) in [5.41, 5.74) is 3.47. The number of nitrogens with one attached hydrogen (secondary N) is 2. The van der Waals surface area contributed by atoms with E-state index < -0.39 is 0 Å². The number of guanidine groups is 1. The topological polar surface area (TPSA) is 58.1 Å². The zero-order valence-corrected chi connectivity index (χ0v) is 20.4. The first-order chi connectivity index (χ1) is 14.2. The maximum atomic E-state index is 5.76. The average Bonchev–Trinajstić information content (AvgIpc) is 3.00. The molecule has 0 spiro atoms. The summed E-state index contributed by atoms with van der Waals surface area (Å²) in [5.74, 6) is 2.28. The van der Waals surface area contributed by atoms with Gasteiger partial charge in [0.25, 0.3) is 0 Å². The molecule has 7 heteroatoms. The number of fused-ring (bicyclic) bond motifs is 1. The third kappa shape index (κ3) is 7.05. The van der Waals surface area contributed by atoms with Crippen molar-refractivity contribution >= 4 is 35.6 Å². The second-order valence-electron chi connectivity index (χ2n) is 7.04. The number of benzene rings is 2. The van der Waals surface area contributed by atoms with Crippen molar-refractivity contribution in [2.24, 2.45) is 4.99 Å². The van der Waals surface area contributed by atoms with Crippen LogP contribution in [0, 0.1) is 0 Å². The summed E-state index contributed by atoms with van der Waals surface area (Å²) in [6, 6.07) is 14.6. The third-order valence-electron chi connectivity index (χ3n) is 5.02. The average molecular weight is 524 g/mol. The Hall–Kier alpha value is -2.00. The van der Waals surface area contributed by atoms with Gasteiger partial charge in [-0.15, -0.1) is 24.0 Å². The number of aliphatic imine (C=N–C) groups is 1. The molecular formula is C23H33IN4O2. The van der Waals surface area contributed by atoms with Gasteiger partial charge in [-0.1, -0.05) is 38.1 Å². The maximum Gasteiger partial charge on any atom is 0.195 e. The Kier molecular flexibility index (Phi) is 10.2. The SMILES string of the molecule is CCN(CC)Cc1ccc(CNC(=NC)Nc2ccc3c(c2)OCCCO3)cc1.I. The lowest BCUT2D eigenvalue weighted by molar-refractivity contribution is 0.296. The molecule has 2 aromatic carbocycles. The number of anilines is 1. The lowest BCUT2D eigenvalue weighted by atomic mass is 10.1. The van der Waals surface area contributed by atoms with E-state index >= 15 is 0 Å². The van der Waals surface area contributed by atoms with Crippen molar-refractivity contribution in [3.8, 4) is 11.5 Å². The van der Waals surface area contributed by atoms with E-state index in [0.717, 1.165) is 43.2 Å². The van der Waals surface area contributed by atoms with E-state index in [-0.39, 0.29) is 24.0 Å². The van der Waals surface area contributed by atoms with Gasteiger partial charge in [-0.3, -0.25) is 9.89 Å². The molecule has 0 bridgehead atoms. The summed E-state index contributed by atoms with van der Waals surface area (Å²) in [6.45, 7) is 9.60. The highest BCUT2D eigenvalue weighted by molar-refractivity contribution is 14.0. The molecule has 164 valence electrons. The van der Waals surface area contributed by atoms with Crippen LogP contribution in [-0.4, -0.2) is 44.2 Å². The fourth-order valence-corrected chi connectivity index (χ4v) is 3.21. The summed E-state index contributed by atoms with van der Waals surface area (Å²) in [4.78, 5) is 6.73. The maximum absolute atomic E-state index is 5.76. The largest absolute Gasteiger partial charge is 0.490 e. The van der Waals surface area contributed by atoms with Gasteiger partial charge in [0.1, 0.15) is 0 Å². The van der Waals surface area contributed by atoms with E-state index in [0.29, 0.717) is 25.7 Å². The number of ether oxygens (including phenoxy) is 2. The molecule has 0 radical (unpaired) electrons. The van der Waals surface area contributed by atoms with E-state index in [4.69, 9.17) is 9.47 Å². The van der Waals surface area contributed by atoms with E-state index in [2.05, 4.69) is 58.6 Å². The molecule has 1 heterocycles. The molecule has 2 aromatic rings. The molecular weight excluding hydrogens is 491 g/mol. The Bertz CT molecular complexity index is 807. The van der Waals surface area contributed by atoms with Crippen LogP contribution >= 0.6 is 24.0 Å². The number of hydrogen-bond donors (Lipinski definition) is 2. The van der Waals surface area contributed by atoms with Crippen LogP contribution in [0.15, 0.2) is 47.5 Å². The van der Waals surface area contributed by atoms with Crippen LogP contribution in [0.2, 0.25) is 0 Å². The van der Waals surface area contributed by atoms with Crippen molar-refractivity contribution in [3.05, 3.63) is 53.6 Å². The molecule has 0 aliphatic carbocycles. The number of nitrogens with zero attached hydrogens (tertiary/aromatic N) is 2. The van der Waals surface area contributed by atoms with Crippen LogP contribution in [0.25, 0.3) is 0 Å². The molecule has 6 nitrogen and oxygen atoms in total. The first-order valence-electron chi connectivity index (χ1n) is 10.4. The molecule has 2 N–H and O–H groups in total. The molecule has 0 saturated heterocycles. The predicted molar refractivity (Wildman–Crippen MR) is 134 cm³/mol. The number of rotatable bonds is 7. The smallest absolute Gasteiger partial charge is 0.195 e. The van der Waals surface area contributed by atoms with Gasteiger partial charge in [-0.05, 0) is 36.3 Å². The Morgan fingerprint density at radius 1 is 0.967 bits per heavy atom. The summed E-state index contributed by atoms with van der Waals surface area (Å²) in [5, 5.41) is 6.68. The van der Waals surface area contributed by atoms with Gasteiger partial charge < -0.3 is 20.1 Å². The van der Waals surface area contributed by atoms with Gasteiger partial charge in [0.2, 0.25) is 0 Å². The van der Waals surface area contributed by atoms with Crippen LogP contribution in [-0.2, 0) is 13.1 Å². The highest BCUT2D eigenvalue weighted by atomic mass is 127. The molecule has 0 amide bonds. The molecule has 0 unspecified atom stereocenters. The third-order valence-corrected chi connectivity index (χ3v) is 5.02. The monoisotopic (exact) mass is 524 g/mol. The molecule has 1 aliphatic heterocycles. The Labute approximate surface area is 197 Å². The molecule has 3 rings (SSSR count). The fraction of sp³-hybridized carbons (Fsp3) is 0.435. The first kappa shape index (κ1) is 24.3. The quantitative estimate of drug-likeness (QED) is 0.318. The van der Waals surface area contributed by atoms with Crippen molar-refractivity contribution in [1.29, 1.82) is 0 Å². The van der Waals surface area contributed by atoms with Crippen LogP contribution in [0.3, 0.4) is 0 Å². The Morgan fingerprint density at radius 2 is 1.63 bits per heavy atom. The van der Waals surface area contributed by atoms with Crippen LogP contribution in [0.4, 0.5) is 5.69 Å². The molecule has 0 fully saturated rings. The first-order valence-corrected chi connectivity index (χ1v) is 10.4. The van der Waals surface area contributed by atoms with Crippen molar-refractivity contribution < 1.29 is 9.47 Å². The minimum atomic E-state index is 0. The van der Waals surface area contributed by atoms with E-state index in [1.807, 2.05) is 18.2 Å². The molecule has 0 atom stereocenters. The van der Waals surface area contributed by atoms with Crippen molar-refractivity contribution in [3.63, 3.8) is 0 Å². The summed E-state index contributed by atoms with van der Waals surface area (Å²) in [6.07, 6.45) is 0.897. The minimum absolute atomic E-state index is 0. The number of hydrogen-bond acceptors (Lipinski definition) is 4.